The number of fused-ring (bicyclic) bond motifs is 3. The number of hydrogen-bond donors (Lipinski definition) is 4. The van der Waals surface area contributed by atoms with Crippen molar-refractivity contribution in [2.45, 2.75) is 19.4 Å². The van der Waals surface area contributed by atoms with Crippen LogP contribution in [0.4, 0.5) is 0 Å². The number of aromatic hydroxyl groups is 2. The van der Waals surface area contributed by atoms with Gasteiger partial charge in [0.1, 0.15) is 11.5 Å². The molecular weight excluding hydrogens is 244 g/mol. The van der Waals surface area contributed by atoms with Gasteiger partial charge in [0.25, 0.3) is 0 Å². The molecule has 1 aliphatic heterocycles. The van der Waals surface area contributed by atoms with Gasteiger partial charge >= 0.3 is 0 Å². The summed E-state index contributed by atoms with van der Waals surface area (Å²) in [5.41, 5.74) is 2.20. The van der Waals surface area contributed by atoms with Gasteiger partial charge < -0.3 is 20.8 Å². The molecule has 0 amide bonds. The molecule has 19 heavy (non-hydrogen) atoms. The van der Waals surface area contributed by atoms with Gasteiger partial charge in [0.2, 0.25) is 0 Å². The van der Waals surface area contributed by atoms with Gasteiger partial charge in [0, 0.05) is 29.9 Å². The molecule has 1 saturated heterocycles. The fourth-order valence-corrected chi connectivity index (χ4v) is 2.90. The molecule has 0 bridgehead atoms. The first-order valence-corrected chi connectivity index (χ1v) is 6.45. The summed E-state index contributed by atoms with van der Waals surface area (Å²) in [6.45, 7) is 3.41. The normalized spacial score (nSPS) is 21.7. The van der Waals surface area contributed by atoms with Crippen LogP contribution in [0, 0.1) is 0 Å². The van der Waals surface area contributed by atoms with Crippen molar-refractivity contribution in [3.63, 3.8) is 0 Å². The molecule has 100 valence electrons. The zero-order valence-electron chi connectivity index (χ0n) is 10.7. The lowest BCUT2D eigenvalue weighted by molar-refractivity contribution is 0.101. The van der Waals surface area contributed by atoms with Crippen molar-refractivity contribution >= 4 is 5.78 Å². The number of phenols is 2. The van der Waals surface area contributed by atoms with Crippen molar-refractivity contribution in [2.24, 2.45) is 0 Å². The molecule has 0 radical (unpaired) electrons. The van der Waals surface area contributed by atoms with Crippen LogP contribution >= 0.6 is 0 Å². The third-order valence-corrected chi connectivity index (χ3v) is 3.75. The number of carbonyl (C=O) groups is 1. The molecule has 1 fully saturated rings. The Kier molecular flexibility index (Phi) is 2.71. The van der Waals surface area contributed by atoms with Gasteiger partial charge in [-0.05, 0) is 18.6 Å². The highest BCUT2D eigenvalue weighted by Gasteiger charge is 2.37. The fraction of sp³-hybridized carbons (Fsp3) is 0.357. The molecule has 0 spiro atoms. The topological polar surface area (TPSA) is 81.6 Å². The minimum atomic E-state index is -0.247. The van der Waals surface area contributed by atoms with Gasteiger partial charge in [-0.3, -0.25) is 4.79 Å². The van der Waals surface area contributed by atoms with Gasteiger partial charge in [-0.15, -0.1) is 0 Å². The fourth-order valence-electron chi connectivity index (χ4n) is 2.90. The SMILES string of the molecule is CCC1=C2NCCNC2c2c(O)ccc(O)c2C1=O. The highest BCUT2D eigenvalue weighted by Crippen LogP contribution is 2.43. The van der Waals surface area contributed by atoms with Crippen LogP contribution in [-0.2, 0) is 0 Å². The van der Waals surface area contributed by atoms with Crippen LogP contribution in [0.1, 0.15) is 35.3 Å². The van der Waals surface area contributed by atoms with Crippen LogP contribution in [0.3, 0.4) is 0 Å². The van der Waals surface area contributed by atoms with Crippen LogP contribution in [0.25, 0.3) is 0 Å². The molecule has 2 aliphatic rings. The summed E-state index contributed by atoms with van der Waals surface area (Å²) in [5, 5.41) is 26.5. The van der Waals surface area contributed by atoms with Crippen molar-refractivity contribution in [3.8, 4) is 11.5 Å². The smallest absolute Gasteiger partial charge is 0.195 e. The number of hydrogen-bond acceptors (Lipinski definition) is 5. The van der Waals surface area contributed by atoms with Gasteiger partial charge in [-0.2, -0.15) is 0 Å². The van der Waals surface area contributed by atoms with E-state index in [1.807, 2.05) is 6.92 Å². The van der Waals surface area contributed by atoms with Crippen LogP contribution < -0.4 is 10.6 Å². The van der Waals surface area contributed by atoms with Gasteiger partial charge in [0.05, 0.1) is 11.6 Å². The van der Waals surface area contributed by atoms with Crippen molar-refractivity contribution in [1.29, 1.82) is 0 Å². The number of carbonyl (C=O) groups excluding carboxylic acids is 1. The number of benzene rings is 1. The summed E-state index contributed by atoms with van der Waals surface area (Å²) in [6, 6.07) is 2.54. The number of phenolic OH excluding ortho intramolecular Hbond substituents is 2. The lowest BCUT2D eigenvalue weighted by atomic mass is 9.81. The number of allylic oxidation sites excluding steroid dienone is 1. The lowest BCUT2D eigenvalue weighted by Crippen LogP contribution is -2.44. The maximum absolute atomic E-state index is 12.5. The Bertz CT molecular complexity index is 593. The van der Waals surface area contributed by atoms with E-state index in [-0.39, 0.29) is 28.9 Å². The van der Waals surface area contributed by atoms with Crippen molar-refractivity contribution in [1.82, 2.24) is 10.6 Å². The van der Waals surface area contributed by atoms with E-state index >= 15 is 0 Å². The second kappa shape index (κ2) is 4.28. The van der Waals surface area contributed by atoms with E-state index in [9.17, 15) is 15.0 Å². The van der Waals surface area contributed by atoms with Crippen LogP contribution in [-0.4, -0.2) is 29.1 Å². The highest BCUT2D eigenvalue weighted by atomic mass is 16.3. The number of ketones is 1. The molecule has 0 aromatic heterocycles. The van der Waals surface area contributed by atoms with Crippen molar-refractivity contribution in [3.05, 3.63) is 34.5 Å². The van der Waals surface area contributed by atoms with Crippen LogP contribution in [0.5, 0.6) is 11.5 Å². The Labute approximate surface area is 110 Å². The Hall–Kier alpha value is -2.01. The predicted molar refractivity (Wildman–Crippen MR) is 70.2 cm³/mol. The number of nitrogens with one attached hydrogen (secondary N) is 2. The first-order chi connectivity index (χ1) is 9.15. The van der Waals surface area contributed by atoms with Crippen molar-refractivity contribution in [2.75, 3.05) is 13.1 Å². The molecule has 1 unspecified atom stereocenters. The highest BCUT2D eigenvalue weighted by molar-refractivity contribution is 6.13. The molecular formula is C14H16N2O3. The van der Waals surface area contributed by atoms with E-state index in [0.717, 1.165) is 18.8 Å². The number of piperazine rings is 1. The summed E-state index contributed by atoms with van der Waals surface area (Å²) in [5.74, 6) is -0.237. The first kappa shape index (κ1) is 12.0. The molecule has 1 aromatic rings. The van der Waals surface area contributed by atoms with E-state index < -0.39 is 0 Å². The second-order valence-corrected chi connectivity index (χ2v) is 4.78. The van der Waals surface area contributed by atoms with Gasteiger partial charge in [0.15, 0.2) is 5.78 Å². The summed E-state index contributed by atoms with van der Waals surface area (Å²) in [7, 11) is 0. The van der Waals surface area contributed by atoms with Gasteiger partial charge in [-0.1, -0.05) is 6.92 Å². The van der Waals surface area contributed by atoms with E-state index in [2.05, 4.69) is 10.6 Å². The maximum atomic E-state index is 12.5. The molecule has 0 saturated carbocycles. The predicted octanol–water partition coefficient (Wildman–Crippen LogP) is 1.19. The third-order valence-electron chi connectivity index (χ3n) is 3.75. The van der Waals surface area contributed by atoms with Crippen LogP contribution in [0.15, 0.2) is 23.4 Å². The molecule has 1 aliphatic carbocycles. The molecule has 4 N–H and O–H groups in total. The minimum Gasteiger partial charge on any atom is -0.508 e. The molecule has 5 nitrogen and oxygen atoms in total. The lowest BCUT2D eigenvalue weighted by Gasteiger charge is -2.35. The quantitative estimate of drug-likeness (QED) is 0.570. The Morgan fingerprint density at radius 3 is 2.74 bits per heavy atom. The maximum Gasteiger partial charge on any atom is 0.195 e. The number of rotatable bonds is 1. The summed E-state index contributed by atoms with van der Waals surface area (Å²) in [6.07, 6.45) is 0.591. The molecule has 3 rings (SSSR count). The van der Waals surface area contributed by atoms with E-state index in [1.54, 1.807) is 0 Å². The minimum absolute atomic E-state index is 0.0370. The Morgan fingerprint density at radius 2 is 2.00 bits per heavy atom. The molecule has 1 aromatic carbocycles. The Morgan fingerprint density at radius 1 is 1.26 bits per heavy atom. The summed E-state index contributed by atoms with van der Waals surface area (Å²) < 4.78 is 0. The third kappa shape index (κ3) is 1.62. The summed E-state index contributed by atoms with van der Waals surface area (Å²) >= 11 is 0. The molecule has 5 heteroatoms. The first-order valence-electron chi connectivity index (χ1n) is 6.45. The largest absolute Gasteiger partial charge is 0.508 e. The summed E-state index contributed by atoms with van der Waals surface area (Å²) in [4.78, 5) is 12.5. The zero-order chi connectivity index (χ0) is 13.6. The van der Waals surface area contributed by atoms with Gasteiger partial charge in [-0.25, -0.2) is 0 Å². The van der Waals surface area contributed by atoms with E-state index in [0.29, 0.717) is 17.6 Å². The Balaban J connectivity index is 2.28. The average molecular weight is 260 g/mol. The van der Waals surface area contributed by atoms with E-state index in [1.165, 1.54) is 12.1 Å². The number of Topliss-reactive ketones (excluding diaryl/α,β-unsaturated/α-hetero) is 1. The standard InChI is InChI=1S/C14H16N2O3/c1-2-7-12-13(16-6-5-15-12)10-8(17)3-4-9(18)11(10)14(7)19/h3-4,13,15-18H,2,5-6H2,1H3. The molecule has 1 heterocycles. The monoisotopic (exact) mass is 260 g/mol. The average Bonchev–Trinajstić information content (AvgIpc) is 2.42. The zero-order valence-corrected chi connectivity index (χ0v) is 10.7. The van der Waals surface area contributed by atoms with Crippen LogP contribution in [0.2, 0.25) is 0 Å². The van der Waals surface area contributed by atoms with Crippen molar-refractivity contribution < 1.29 is 15.0 Å². The second-order valence-electron chi connectivity index (χ2n) is 4.78. The van der Waals surface area contributed by atoms with E-state index in [4.69, 9.17) is 0 Å². The molecule has 1 atom stereocenters.